The number of carbonyl (C=O) groups is 1. The second-order valence-corrected chi connectivity index (χ2v) is 7.01. The minimum absolute atomic E-state index is 0.133. The van der Waals surface area contributed by atoms with Gasteiger partial charge in [-0.25, -0.2) is 9.97 Å². The number of benzene rings is 1. The fourth-order valence-corrected chi connectivity index (χ4v) is 3.87. The van der Waals surface area contributed by atoms with E-state index in [0.717, 1.165) is 35.6 Å². The summed E-state index contributed by atoms with van der Waals surface area (Å²) in [5.41, 5.74) is 2.84. The normalized spacial score (nSPS) is 21.8. The first-order valence-corrected chi connectivity index (χ1v) is 8.98. The molecular formula is C20H23N3O3. The van der Waals surface area contributed by atoms with Gasteiger partial charge in [0.1, 0.15) is 0 Å². The average molecular weight is 353 g/mol. The minimum Gasteiger partial charge on any atom is -0.384 e. The smallest absolute Gasteiger partial charge is 0.224 e. The highest BCUT2D eigenvalue weighted by atomic mass is 16.5. The van der Waals surface area contributed by atoms with Crippen LogP contribution in [-0.2, 0) is 26.3 Å². The molecule has 1 fully saturated rings. The van der Waals surface area contributed by atoms with Crippen LogP contribution in [0.2, 0.25) is 0 Å². The van der Waals surface area contributed by atoms with Crippen molar-refractivity contribution in [1.29, 1.82) is 0 Å². The molecular weight excluding hydrogens is 330 g/mol. The van der Waals surface area contributed by atoms with Crippen LogP contribution in [0.25, 0.3) is 11.4 Å². The molecule has 2 aliphatic rings. The summed E-state index contributed by atoms with van der Waals surface area (Å²) in [6, 6.07) is 10.00. The van der Waals surface area contributed by atoms with Crippen molar-refractivity contribution >= 4 is 5.91 Å². The number of rotatable bonds is 4. The number of carbonyl (C=O) groups excluding carboxylic acids is 1. The maximum atomic E-state index is 12.4. The van der Waals surface area contributed by atoms with E-state index < -0.39 is 0 Å². The van der Waals surface area contributed by atoms with Gasteiger partial charge in [0.2, 0.25) is 5.91 Å². The van der Waals surface area contributed by atoms with Gasteiger partial charge in [0.15, 0.2) is 5.82 Å². The average Bonchev–Trinajstić information content (AvgIpc) is 3.12. The van der Waals surface area contributed by atoms with Crippen molar-refractivity contribution in [2.45, 2.75) is 24.9 Å². The fourth-order valence-electron chi connectivity index (χ4n) is 3.87. The van der Waals surface area contributed by atoms with E-state index >= 15 is 0 Å². The molecule has 1 spiro atoms. The molecule has 0 radical (unpaired) electrons. The number of likely N-dealkylation sites (tertiary alicyclic amines) is 1. The van der Waals surface area contributed by atoms with E-state index in [2.05, 4.69) is 4.98 Å². The summed E-state index contributed by atoms with van der Waals surface area (Å²) in [5.74, 6) is 0.864. The molecule has 0 saturated carbocycles. The molecule has 2 aromatic rings. The molecule has 136 valence electrons. The number of ether oxygens (including phenoxy) is 2. The number of nitrogens with zero attached hydrogens (tertiary/aromatic N) is 3. The van der Waals surface area contributed by atoms with Crippen LogP contribution in [0.3, 0.4) is 0 Å². The molecule has 0 aliphatic carbocycles. The predicted octanol–water partition coefficient (Wildman–Crippen LogP) is 2.18. The summed E-state index contributed by atoms with van der Waals surface area (Å²) in [6.07, 6.45) is 3.16. The zero-order valence-electron chi connectivity index (χ0n) is 15.0. The Hall–Kier alpha value is -2.31. The van der Waals surface area contributed by atoms with E-state index in [4.69, 9.17) is 14.5 Å². The number of amides is 1. The van der Waals surface area contributed by atoms with Gasteiger partial charge in [-0.1, -0.05) is 30.3 Å². The maximum Gasteiger partial charge on any atom is 0.224 e. The van der Waals surface area contributed by atoms with E-state index in [1.807, 2.05) is 41.4 Å². The van der Waals surface area contributed by atoms with Gasteiger partial charge >= 0.3 is 0 Å². The van der Waals surface area contributed by atoms with Crippen molar-refractivity contribution in [2.24, 2.45) is 0 Å². The standard InChI is InChI=1S/C20H23N3O3/c1-25-10-7-17(24)23-9-8-20(13-23)14-26-12-16-11-21-19(22-18(16)20)15-5-3-2-4-6-15/h2-6,11H,7-10,12-14H2,1H3/t20-/m0/s1. The first kappa shape index (κ1) is 17.1. The highest BCUT2D eigenvalue weighted by Gasteiger charge is 2.46. The SMILES string of the molecule is COCCC(=O)N1CC[C@@]2(COCc3cnc(-c4ccccc4)nc32)C1. The summed E-state index contributed by atoms with van der Waals surface area (Å²) in [5, 5.41) is 0. The Morgan fingerprint density at radius 3 is 3.00 bits per heavy atom. The summed E-state index contributed by atoms with van der Waals surface area (Å²) in [7, 11) is 1.62. The van der Waals surface area contributed by atoms with E-state index in [1.54, 1.807) is 7.11 Å². The lowest BCUT2D eigenvalue weighted by Crippen LogP contribution is -2.41. The van der Waals surface area contributed by atoms with E-state index in [1.165, 1.54) is 0 Å². The van der Waals surface area contributed by atoms with Crippen LogP contribution in [0.1, 0.15) is 24.1 Å². The van der Waals surface area contributed by atoms with Gasteiger partial charge in [0, 0.05) is 37.5 Å². The zero-order chi connectivity index (χ0) is 18.0. The fraction of sp³-hybridized carbons (Fsp3) is 0.450. The molecule has 2 aliphatic heterocycles. The van der Waals surface area contributed by atoms with E-state index in [-0.39, 0.29) is 11.3 Å². The summed E-state index contributed by atoms with van der Waals surface area (Å²) >= 11 is 0. The quantitative estimate of drug-likeness (QED) is 0.843. The minimum atomic E-state index is -0.233. The number of aromatic nitrogens is 2. The molecule has 1 amide bonds. The zero-order valence-corrected chi connectivity index (χ0v) is 15.0. The largest absolute Gasteiger partial charge is 0.384 e. The van der Waals surface area contributed by atoms with Crippen LogP contribution in [0, 0.1) is 0 Å². The molecule has 1 atom stereocenters. The van der Waals surface area contributed by atoms with Crippen LogP contribution < -0.4 is 0 Å². The lowest BCUT2D eigenvalue weighted by molar-refractivity contribution is -0.131. The van der Waals surface area contributed by atoms with Crippen molar-refractivity contribution in [3.05, 3.63) is 47.8 Å². The van der Waals surface area contributed by atoms with Crippen LogP contribution in [0.4, 0.5) is 0 Å². The highest BCUT2D eigenvalue weighted by Crippen LogP contribution is 2.39. The molecule has 1 saturated heterocycles. The summed E-state index contributed by atoms with van der Waals surface area (Å²) < 4.78 is 10.9. The van der Waals surface area contributed by atoms with Gasteiger partial charge in [-0.05, 0) is 6.42 Å². The number of hydrogen-bond acceptors (Lipinski definition) is 5. The Morgan fingerprint density at radius 1 is 1.35 bits per heavy atom. The lowest BCUT2D eigenvalue weighted by Gasteiger charge is -2.34. The van der Waals surface area contributed by atoms with Crippen LogP contribution in [0.15, 0.2) is 36.5 Å². The molecule has 0 unspecified atom stereocenters. The summed E-state index contributed by atoms with van der Waals surface area (Å²) in [4.78, 5) is 23.8. The van der Waals surface area contributed by atoms with Crippen molar-refractivity contribution in [3.8, 4) is 11.4 Å². The topological polar surface area (TPSA) is 64.5 Å². The third-order valence-corrected chi connectivity index (χ3v) is 5.26. The Bertz CT molecular complexity index is 796. The molecule has 6 heteroatoms. The number of fused-ring (bicyclic) bond motifs is 2. The van der Waals surface area contributed by atoms with Gasteiger partial charge < -0.3 is 14.4 Å². The van der Waals surface area contributed by atoms with Gasteiger partial charge in [-0.3, -0.25) is 4.79 Å². The summed E-state index contributed by atoms with van der Waals surface area (Å²) in [6.45, 7) is 2.96. The Labute approximate surface area is 153 Å². The van der Waals surface area contributed by atoms with Crippen molar-refractivity contribution in [3.63, 3.8) is 0 Å². The monoisotopic (exact) mass is 353 g/mol. The predicted molar refractivity (Wildman–Crippen MR) is 96.5 cm³/mol. The van der Waals surface area contributed by atoms with Crippen LogP contribution in [0.5, 0.6) is 0 Å². The van der Waals surface area contributed by atoms with E-state index in [0.29, 0.717) is 32.8 Å². The Morgan fingerprint density at radius 2 is 2.19 bits per heavy atom. The maximum absolute atomic E-state index is 12.4. The van der Waals surface area contributed by atoms with Gasteiger partial charge in [0.25, 0.3) is 0 Å². The second-order valence-electron chi connectivity index (χ2n) is 7.01. The van der Waals surface area contributed by atoms with Crippen LogP contribution in [-0.4, -0.2) is 54.2 Å². The lowest BCUT2D eigenvalue weighted by atomic mass is 9.80. The molecule has 0 bridgehead atoms. The van der Waals surface area contributed by atoms with Gasteiger partial charge in [-0.2, -0.15) is 0 Å². The van der Waals surface area contributed by atoms with Crippen molar-refractivity contribution in [1.82, 2.24) is 14.9 Å². The molecule has 3 heterocycles. The molecule has 0 N–H and O–H groups in total. The van der Waals surface area contributed by atoms with Gasteiger partial charge in [0.05, 0.1) is 37.4 Å². The van der Waals surface area contributed by atoms with Crippen LogP contribution >= 0.6 is 0 Å². The Kier molecular flexibility index (Phi) is 4.70. The third kappa shape index (κ3) is 3.10. The third-order valence-electron chi connectivity index (χ3n) is 5.26. The molecule has 1 aromatic carbocycles. The second kappa shape index (κ2) is 7.13. The molecule has 4 rings (SSSR count). The molecule has 26 heavy (non-hydrogen) atoms. The molecule has 1 aromatic heterocycles. The van der Waals surface area contributed by atoms with Crippen molar-refractivity contribution < 1.29 is 14.3 Å². The number of methoxy groups -OCH3 is 1. The first-order valence-electron chi connectivity index (χ1n) is 8.98. The van der Waals surface area contributed by atoms with E-state index in [9.17, 15) is 4.79 Å². The van der Waals surface area contributed by atoms with Crippen molar-refractivity contribution in [2.75, 3.05) is 33.4 Å². The Balaban J connectivity index is 1.64. The highest BCUT2D eigenvalue weighted by molar-refractivity contribution is 5.77. The van der Waals surface area contributed by atoms with Gasteiger partial charge in [-0.15, -0.1) is 0 Å². The molecule has 6 nitrogen and oxygen atoms in total. The first-order chi connectivity index (χ1) is 12.7. The number of hydrogen-bond donors (Lipinski definition) is 0.